The normalized spacial score (nSPS) is 11.5. The van der Waals surface area contributed by atoms with Crippen molar-refractivity contribution < 1.29 is 0 Å². The number of hydrogen-bond acceptors (Lipinski definition) is 1. The quantitative estimate of drug-likeness (QED) is 0.225. The fourth-order valence-corrected chi connectivity index (χ4v) is 5.64. The molecule has 0 saturated heterocycles. The van der Waals surface area contributed by atoms with E-state index in [-0.39, 0.29) is 0 Å². The minimum Gasteiger partial charge on any atom is -0.294 e. The van der Waals surface area contributed by atoms with Crippen LogP contribution in [0.25, 0.3) is 60.6 Å². The first-order chi connectivity index (χ1) is 17.8. The molecule has 0 aliphatic carbocycles. The third kappa shape index (κ3) is 3.43. The van der Waals surface area contributed by atoms with Crippen molar-refractivity contribution in [1.29, 1.82) is 0 Å². The van der Waals surface area contributed by atoms with E-state index in [0.717, 1.165) is 21.3 Å². The third-order valence-electron chi connectivity index (χ3n) is 6.88. The summed E-state index contributed by atoms with van der Waals surface area (Å²) < 4.78 is 3.35. The van der Waals surface area contributed by atoms with Gasteiger partial charge in [0, 0.05) is 21.4 Å². The number of rotatable bonds is 3. The van der Waals surface area contributed by atoms with Crippen LogP contribution >= 0.6 is 15.9 Å². The van der Waals surface area contributed by atoms with E-state index in [0.29, 0.717) is 0 Å². The van der Waals surface area contributed by atoms with Crippen LogP contribution in [0, 0.1) is 0 Å². The molecule has 0 aliphatic rings. The summed E-state index contributed by atoms with van der Waals surface area (Å²) in [5.41, 5.74) is 7.12. The van der Waals surface area contributed by atoms with Gasteiger partial charge in [0.2, 0.25) is 0 Å². The lowest BCUT2D eigenvalue weighted by Crippen LogP contribution is -1.96. The SMILES string of the molecule is Brc1cccc(-c2cc3ccccc3cc2-c2ccc3c4ccccc4n(-c4ccccn4)c3c2)c1. The van der Waals surface area contributed by atoms with Crippen molar-refractivity contribution in [2.45, 2.75) is 0 Å². The molecule has 0 radical (unpaired) electrons. The summed E-state index contributed by atoms with van der Waals surface area (Å²) >= 11 is 3.67. The van der Waals surface area contributed by atoms with Crippen molar-refractivity contribution in [2.75, 3.05) is 0 Å². The second-order valence-electron chi connectivity index (χ2n) is 9.03. The lowest BCUT2D eigenvalue weighted by Gasteiger charge is -2.14. The number of fused-ring (bicyclic) bond motifs is 4. The number of halogens is 1. The van der Waals surface area contributed by atoms with E-state index in [2.05, 4.69) is 130 Å². The van der Waals surface area contributed by atoms with Crippen LogP contribution in [-0.2, 0) is 0 Å². The van der Waals surface area contributed by atoms with Gasteiger partial charge < -0.3 is 0 Å². The summed E-state index contributed by atoms with van der Waals surface area (Å²) in [6, 6.07) is 43.2. The second-order valence-corrected chi connectivity index (χ2v) is 9.94. The maximum Gasteiger partial charge on any atom is 0.137 e. The Bertz CT molecular complexity index is 1900. The van der Waals surface area contributed by atoms with Crippen molar-refractivity contribution in [3.8, 4) is 28.1 Å². The molecule has 0 unspecified atom stereocenters. The Morgan fingerprint density at radius 2 is 1.22 bits per heavy atom. The number of para-hydroxylation sites is 1. The highest BCUT2D eigenvalue weighted by Crippen LogP contribution is 2.39. The molecule has 170 valence electrons. The zero-order chi connectivity index (χ0) is 24.1. The molecule has 0 amide bonds. The molecule has 2 aromatic heterocycles. The van der Waals surface area contributed by atoms with E-state index in [1.165, 1.54) is 43.8 Å². The predicted molar refractivity (Wildman–Crippen MR) is 155 cm³/mol. The minimum atomic E-state index is 0.923. The molecule has 36 heavy (non-hydrogen) atoms. The average Bonchev–Trinajstić information content (AvgIpc) is 3.26. The van der Waals surface area contributed by atoms with Gasteiger partial charge in [0.15, 0.2) is 0 Å². The third-order valence-corrected chi connectivity index (χ3v) is 7.38. The minimum absolute atomic E-state index is 0.923. The van der Waals surface area contributed by atoms with Crippen LogP contribution in [0.4, 0.5) is 0 Å². The van der Waals surface area contributed by atoms with Crippen molar-refractivity contribution >= 4 is 48.5 Å². The molecule has 0 fully saturated rings. The molecular formula is C33H21BrN2. The lowest BCUT2D eigenvalue weighted by molar-refractivity contribution is 1.08. The molecule has 0 saturated carbocycles. The Hall–Kier alpha value is -4.21. The Morgan fingerprint density at radius 3 is 1.97 bits per heavy atom. The first-order valence-electron chi connectivity index (χ1n) is 12.0. The zero-order valence-electron chi connectivity index (χ0n) is 19.4. The highest BCUT2D eigenvalue weighted by Gasteiger charge is 2.16. The van der Waals surface area contributed by atoms with Gasteiger partial charge in [-0.3, -0.25) is 4.57 Å². The van der Waals surface area contributed by atoms with Crippen LogP contribution in [0.5, 0.6) is 0 Å². The first-order valence-corrected chi connectivity index (χ1v) is 12.8. The molecule has 3 heteroatoms. The molecular weight excluding hydrogens is 504 g/mol. The summed E-state index contributed by atoms with van der Waals surface area (Å²) in [4.78, 5) is 4.70. The Kier molecular flexibility index (Phi) is 4.97. The van der Waals surface area contributed by atoms with E-state index in [1.54, 1.807) is 0 Å². The molecule has 7 aromatic rings. The predicted octanol–water partition coefficient (Wildman–Crippen LogP) is 9.43. The van der Waals surface area contributed by atoms with E-state index in [9.17, 15) is 0 Å². The van der Waals surface area contributed by atoms with Crippen LogP contribution in [0.3, 0.4) is 0 Å². The molecule has 5 aromatic carbocycles. The van der Waals surface area contributed by atoms with Crippen molar-refractivity contribution in [3.63, 3.8) is 0 Å². The van der Waals surface area contributed by atoms with Gasteiger partial charge >= 0.3 is 0 Å². The highest BCUT2D eigenvalue weighted by molar-refractivity contribution is 9.10. The molecule has 0 atom stereocenters. The summed E-state index contributed by atoms with van der Waals surface area (Å²) in [6.45, 7) is 0. The second kappa shape index (κ2) is 8.47. The number of pyridine rings is 1. The summed E-state index contributed by atoms with van der Waals surface area (Å²) in [7, 11) is 0. The average molecular weight is 525 g/mol. The number of hydrogen-bond donors (Lipinski definition) is 0. The molecule has 0 N–H and O–H groups in total. The van der Waals surface area contributed by atoms with E-state index >= 15 is 0 Å². The van der Waals surface area contributed by atoms with Gasteiger partial charge in [0.25, 0.3) is 0 Å². The van der Waals surface area contributed by atoms with Gasteiger partial charge in [-0.15, -0.1) is 0 Å². The molecule has 0 spiro atoms. The summed E-state index contributed by atoms with van der Waals surface area (Å²) in [6.07, 6.45) is 1.86. The molecule has 2 heterocycles. The van der Waals surface area contributed by atoms with Crippen molar-refractivity contribution in [1.82, 2.24) is 9.55 Å². The van der Waals surface area contributed by atoms with Crippen LogP contribution in [0.1, 0.15) is 0 Å². The Morgan fingerprint density at radius 1 is 0.528 bits per heavy atom. The van der Waals surface area contributed by atoms with Gasteiger partial charge in [-0.1, -0.05) is 88.7 Å². The number of nitrogens with zero attached hydrogens (tertiary/aromatic N) is 2. The molecule has 2 nitrogen and oxygen atoms in total. The maximum absolute atomic E-state index is 4.70. The maximum atomic E-state index is 4.70. The van der Waals surface area contributed by atoms with E-state index in [4.69, 9.17) is 4.98 Å². The topological polar surface area (TPSA) is 17.8 Å². The standard InChI is InChI=1S/C33H21BrN2/c34-26-11-7-10-24(18-26)29-19-22-8-1-2-9-23(22)20-30(29)25-15-16-28-27-12-3-4-13-31(27)36(32(28)21-25)33-14-5-6-17-35-33/h1-21H. The zero-order valence-corrected chi connectivity index (χ0v) is 21.0. The monoisotopic (exact) mass is 524 g/mol. The van der Waals surface area contributed by atoms with Gasteiger partial charge in [0.1, 0.15) is 5.82 Å². The smallest absolute Gasteiger partial charge is 0.137 e. The molecule has 0 bridgehead atoms. The largest absolute Gasteiger partial charge is 0.294 e. The van der Waals surface area contributed by atoms with Crippen molar-refractivity contribution in [3.05, 3.63) is 132 Å². The highest BCUT2D eigenvalue weighted by atomic mass is 79.9. The summed E-state index contributed by atoms with van der Waals surface area (Å²) in [5, 5.41) is 4.93. The molecule has 7 rings (SSSR count). The van der Waals surface area contributed by atoms with Crippen LogP contribution in [-0.4, -0.2) is 9.55 Å². The van der Waals surface area contributed by atoms with Gasteiger partial charge in [0.05, 0.1) is 11.0 Å². The molecule has 0 aliphatic heterocycles. The van der Waals surface area contributed by atoms with Crippen molar-refractivity contribution in [2.24, 2.45) is 0 Å². The van der Waals surface area contributed by atoms with Gasteiger partial charge in [-0.25, -0.2) is 4.98 Å². The van der Waals surface area contributed by atoms with Gasteiger partial charge in [-0.05, 0) is 81.6 Å². The van der Waals surface area contributed by atoms with Gasteiger partial charge in [-0.2, -0.15) is 0 Å². The fraction of sp³-hybridized carbons (Fsp3) is 0. The first kappa shape index (κ1) is 21.1. The van der Waals surface area contributed by atoms with Crippen LogP contribution < -0.4 is 0 Å². The van der Waals surface area contributed by atoms with E-state index in [1.807, 2.05) is 18.3 Å². The number of aromatic nitrogens is 2. The lowest BCUT2D eigenvalue weighted by atomic mass is 9.91. The van der Waals surface area contributed by atoms with Crippen LogP contribution in [0.15, 0.2) is 132 Å². The fourth-order valence-electron chi connectivity index (χ4n) is 5.24. The number of benzene rings is 5. The summed E-state index contributed by atoms with van der Waals surface area (Å²) in [5.74, 6) is 0.923. The Labute approximate surface area is 217 Å². The van der Waals surface area contributed by atoms with E-state index < -0.39 is 0 Å². The van der Waals surface area contributed by atoms with Crippen LogP contribution in [0.2, 0.25) is 0 Å². The Balaban J connectivity index is 1.55.